The molecule has 1 fully saturated rings. The molecule has 2 unspecified atom stereocenters. The molecule has 1 saturated heterocycles. The van der Waals surface area contributed by atoms with Crippen LogP contribution >= 0.6 is 15.9 Å². The fourth-order valence-corrected chi connectivity index (χ4v) is 4.83. The lowest BCUT2D eigenvalue weighted by Gasteiger charge is -2.37. The standard InChI is InChI=1S/C13H27BrN2O2S/c1-11-7-5-6-10-16(11)19(17,18)15-12(8-9-14)13(2,3)4/h11-12,15H,5-10H2,1-4H3. The molecular formula is C13H27BrN2O2S. The van der Waals surface area contributed by atoms with Crippen molar-refractivity contribution in [1.29, 1.82) is 0 Å². The van der Waals surface area contributed by atoms with Gasteiger partial charge in [0.1, 0.15) is 0 Å². The Morgan fingerprint density at radius 2 is 2.00 bits per heavy atom. The number of piperidine rings is 1. The zero-order chi connectivity index (χ0) is 14.7. The summed E-state index contributed by atoms with van der Waals surface area (Å²) >= 11 is 3.41. The number of rotatable bonds is 5. The molecule has 4 nitrogen and oxygen atoms in total. The van der Waals surface area contributed by atoms with Gasteiger partial charge in [0.2, 0.25) is 0 Å². The minimum absolute atomic E-state index is 0.0500. The molecule has 0 aromatic rings. The molecule has 0 aromatic heterocycles. The van der Waals surface area contributed by atoms with Crippen LogP contribution in [0.3, 0.4) is 0 Å². The number of nitrogens with one attached hydrogen (secondary N) is 1. The van der Waals surface area contributed by atoms with E-state index in [1.54, 1.807) is 4.31 Å². The molecule has 0 bridgehead atoms. The van der Waals surface area contributed by atoms with Crippen LogP contribution in [0.25, 0.3) is 0 Å². The second kappa shape index (κ2) is 6.87. The Hall–Kier alpha value is 0.350. The molecule has 0 amide bonds. The third kappa shape index (κ3) is 4.99. The molecule has 6 heteroatoms. The highest BCUT2D eigenvalue weighted by Gasteiger charge is 2.34. The summed E-state index contributed by atoms with van der Waals surface area (Å²) in [6.07, 6.45) is 3.84. The monoisotopic (exact) mass is 354 g/mol. The molecule has 0 aliphatic carbocycles. The van der Waals surface area contributed by atoms with Crippen molar-refractivity contribution in [2.45, 2.75) is 65.5 Å². The van der Waals surface area contributed by atoms with Gasteiger partial charge in [0.25, 0.3) is 10.2 Å². The Bertz CT molecular complexity index is 379. The van der Waals surface area contributed by atoms with Crippen molar-refractivity contribution in [3.05, 3.63) is 0 Å². The Kier molecular flexibility index (Phi) is 6.29. The molecule has 1 N–H and O–H groups in total. The van der Waals surface area contributed by atoms with Gasteiger partial charge in [-0.3, -0.25) is 0 Å². The summed E-state index contributed by atoms with van der Waals surface area (Å²) in [5.74, 6) is 0. The molecule has 0 saturated carbocycles. The fraction of sp³-hybridized carbons (Fsp3) is 1.00. The first kappa shape index (κ1) is 17.4. The summed E-state index contributed by atoms with van der Waals surface area (Å²) < 4.78 is 29.6. The van der Waals surface area contributed by atoms with Crippen LogP contribution in [-0.2, 0) is 10.2 Å². The molecule has 1 heterocycles. The highest BCUT2D eigenvalue weighted by Crippen LogP contribution is 2.25. The fourth-order valence-electron chi connectivity index (χ4n) is 2.45. The second-order valence-corrected chi connectivity index (χ2v) is 8.92. The first-order valence-corrected chi connectivity index (χ1v) is 9.59. The first-order chi connectivity index (χ1) is 8.68. The average Bonchev–Trinajstić information content (AvgIpc) is 2.27. The third-order valence-corrected chi connectivity index (χ3v) is 5.99. The van der Waals surface area contributed by atoms with E-state index in [4.69, 9.17) is 0 Å². The molecule has 19 heavy (non-hydrogen) atoms. The van der Waals surface area contributed by atoms with Crippen LogP contribution in [0.2, 0.25) is 0 Å². The van der Waals surface area contributed by atoms with Gasteiger partial charge in [-0.1, -0.05) is 43.1 Å². The van der Waals surface area contributed by atoms with E-state index < -0.39 is 10.2 Å². The normalized spacial score (nSPS) is 24.4. The summed E-state index contributed by atoms with van der Waals surface area (Å²) in [4.78, 5) is 0. The number of hydrogen-bond acceptors (Lipinski definition) is 2. The minimum Gasteiger partial charge on any atom is -0.198 e. The lowest BCUT2D eigenvalue weighted by molar-refractivity contribution is 0.247. The molecule has 114 valence electrons. The highest BCUT2D eigenvalue weighted by molar-refractivity contribution is 9.09. The Morgan fingerprint density at radius 1 is 1.37 bits per heavy atom. The zero-order valence-corrected chi connectivity index (χ0v) is 14.8. The van der Waals surface area contributed by atoms with E-state index in [1.165, 1.54) is 0 Å². The molecular weight excluding hydrogens is 328 g/mol. The van der Waals surface area contributed by atoms with E-state index in [1.807, 2.05) is 6.92 Å². The summed E-state index contributed by atoms with van der Waals surface area (Å²) in [5.41, 5.74) is -0.0835. The zero-order valence-electron chi connectivity index (χ0n) is 12.4. The number of alkyl halides is 1. The van der Waals surface area contributed by atoms with Crippen molar-refractivity contribution in [2.24, 2.45) is 5.41 Å². The van der Waals surface area contributed by atoms with Crippen molar-refractivity contribution >= 4 is 26.1 Å². The van der Waals surface area contributed by atoms with Crippen LogP contribution in [0.1, 0.15) is 53.4 Å². The topological polar surface area (TPSA) is 49.4 Å². The molecule has 0 aromatic carbocycles. The van der Waals surface area contributed by atoms with Crippen LogP contribution in [0.4, 0.5) is 0 Å². The highest BCUT2D eigenvalue weighted by atomic mass is 79.9. The Labute approximate surface area is 126 Å². The summed E-state index contributed by atoms with van der Waals surface area (Å²) in [6, 6.07) is 0.0573. The maximum Gasteiger partial charge on any atom is 0.279 e. The van der Waals surface area contributed by atoms with E-state index in [0.29, 0.717) is 6.54 Å². The lowest BCUT2D eigenvalue weighted by atomic mass is 9.86. The van der Waals surface area contributed by atoms with E-state index in [9.17, 15) is 8.42 Å². The van der Waals surface area contributed by atoms with Crippen LogP contribution in [0.5, 0.6) is 0 Å². The van der Waals surface area contributed by atoms with Gasteiger partial charge >= 0.3 is 0 Å². The van der Waals surface area contributed by atoms with E-state index in [0.717, 1.165) is 31.0 Å². The molecule has 1 aliphatic rings. The van der Waals surface area contributed by atoms with Gasteiger partial charge in [0.15, 0.2) is 0 Å². The van der Waals surface area contributed by atoms with Crippen molar-refractivity contribution in [3.8, 4) is 0 Å². The molecule has 2 atom stereocenters. The molecule has 0 spiro atoms. The Morgan fingerprint density at radius 3 is 2.47 bits per heavy atom. The average molecular weight is 355 g/mol. The van der Waals surface area contributed by atoms with Gasteiger partial charge in [-0.25, -0.2) is 0 Å². The van der Waals surface area contributed by atoms with Gasteiger partial charge < -0.3 is 0 Å². The van der Waals surface area contributed by atoms with E-state index in [2.05, 4.69) is 41.4 Å². The largest absolute Gasteiger partial charge is 0.279 e. The predicted molar refractivity (Wildman–Crippen MR) is 83.7 cm³/mol. The minimum atomic E-state index is -3.37. The van der Waals surface area contributed by atoms with Crippen LogP contribution in [-0.4, -0.2) is 36.7 Å². The van der Waals surface area contributed by atoms with Gasteiger partial charge in [-0.2, -0.15) is 17.4 Å². The predicted octanol–water partition coefficient (Wildman–Crippen LogP) is 2.89. The van der Waals surface area contributed by atoms with Crippen LogP contribution in [0.15, 0.2) is 0 Å². The Balaban J connectivity index is 2.81. The third-order valence-electron chi connectivity index (χ3n) is 3.79. The van der Waals surface area contributed by atoms with Crippen molar-refractivity contribution in [1.82, 2.24) is 9.03 Å². The van der Waals surface area contributed by atoms with E-state index >= 15 is 0 Å². The smallest absolute Gasteiger partial charge is 0.198 e. The molecule has 1 aliphatic heterocycles. The quantitative estimate of drug-likeness (QED) is 0.771. The number of halogens is 1. The van der Waals surface area contributed by atoms with Crippen LogP contribution < -0.4 is 4.72 Å². The van der Waals surface area contributed by atoms with Crippen LogP contribution in [0, 0.1) is 5.41 Å². The maximum atomic E-state index is 12.5. The SMILES string of the molecule is CC1CCCCN1S(=O)(=O)NC(CCBr)C(C)(C)C. The molecule has 0 radical (unpaired) electrons. The van der Waals surface area contributed by atoms with Crippen molar-refractivity contribution in [3.63, 3.8) is 0 Å². The second-order valence-electron chi connectivity index (χ2n) is 6.47. The van der Waals surface area contributed by atoms with Gasteiger partial charge in [0.05, 0.1) is 0 Å². The molecule has 1 rings (SSSR count). The van der Waals surface area contributed by atoms with Gasteiger partial charge in [-0.15, -0.1) is 0 Å². The van der Waals surface area contributed by atoms with E-state index in [-0.39, 0.29) is 17.5 Å². The number of hydrogen-bond donors (Lipinski definition) is 1. The summed E-state index contributed by atoms with van der Waals surface area (Å²) in [6.45, 7) is 8.85. The summed E-state index contributed by atoms with van der Waals surface area (Å²) in [7, 11) is -3.37. The lowest BCUT2D eigenvalue weighted by Crippen LogP contribution is -2.53. The van der Waals surface area contributed by atoms with Crippen molar-refractivity contribution < 1.29 is 8.42 Å². The first-order valence-electron chi connectivity index (χ1n) is 7.03. The summed E-state index contributed by atoms with van der Waals surface area (Å²) in [5, 5.41) is 0.799. The maximum absolute atomic E-state index is 12.5. The van der Waals surface area contributed by atoms with Gasteiger partial charge in [0, 0.05) is 24.0 Å². The number of nitrogens with zero attached hydrogens (tertiary/aromatic N) is 1. The van der Waals surface area contributed by atoms with Gasteiger partial charge in [-0.05, 0) is 31.6 Å². The van der Waals surface area contributed by atoms with Crippen molar-refractivity contribution in [2.75, 3.05) is 11.9 Å².